The van der Waals surface area contributed by atoms with Crippen molar-refractivity contribution < 1.29 is 33.8 Å². The smallest absolute Gasteiger partial charge is 0.332 e. The fraction of sp³-hybridized carbons (Fsp3) is 0.438. The van der Waals surface area contributed by atoms with Crippen molar-refractivity contribution in [1.82, 2.24) is 10.6 Å². The van der Waals surface area contributed by atoms with Crippen LogP contribution in [0.3, 0.4) is 0 Å². The molecule has 0 spiro atoms. The van der Waals surface area contributed by atoms with Gasteiger partial charge in [0.05, 0.1) is 18.4 Å². The van der Waals surface area contributed by atoms with Gasteiger partial charge in [-0.15, -0.1) is 0 Å². The van der Waals surface area contributed by atoms with Gasteiger partial charge < -0.3 is 25.2 Å². The number of allylic oxidation sites excluding steroid dienone is 2. The summed E-state index contributed by atoms with van der Waals surface area (Å²) in [4.78, 5) is 52.1. The van der Waals surface area contributed by atoms with Crippen molar-refractivity contribution in [2.75, 3.05) is 13.2 Å². The molecule has 2 aromatic carbocycles. The Balaban J connectivity index is 1.77. The molecule has 2 amide bonds. The number of carbonyl (C=O) groups is 4. The lowest BCUT2D eigenvalue weighted by molar-refractivity contribution is -0.157. The normalized spacial score (nSPS) is 21.1. The molecular formula is C32H40N2O7. The van der Waals surface area contributed by atoms with Crippen LogP contribution in [0.1, 0.15) is 50.2 Å². The third kappa shape index (κ3) is 11.2. The molecule has 0 bridgehead atoms. The van der Waals surface area contributed by atoms with Crippen LogP contribution in [0.25, 0.3) is 0 Å². The Morgan fingerprint density at radius 2 is 1.71 bits per heavy atom. The fourth-order valence-electron chi connectivity index (χ4n) is 4.52. The van der Waals surface area contributed by atoms with Crippen molar-refractivity contribution >= 4 is 23.8 Å². The number of ether oxygens (including phenoxy) is 2. The predicted octanol–water partition coefficient (Wildman–Crippen LogP) is 3.25. The summed E-state index contributed by atoms with van der Waals surface area (Å²) in [5.41, 5.74) is 1.78. The number of carbonyl (C=O) groups excluding carboxylic acids is 4. The Bertz CT molecular complexity index is 1150. The molecule has 2 aromatic rings. The standard InChI is InChI=1S/C32H40N2O7/c1-23(20-35)33-29(36)19-26-16-10-2-3-11-17-27(18-24-12-6-4-7-13-24)31(38)41-22-28(34-30(26)37)32(39)40-21-25-14-8-5-9-15-25/h2,4-10,12-15,23,26-28,35H,3,11,16-22H2,1H3,(H,33,36)(H,34,37)/t23-,26-,27-,28-/m1/s1. The third-order valence-electron chi connectivity index (χ3n) is 6.87. The molecular weight excluding hydrogens is 524 g/mol. The second-order valence-corrected chi connectivity index (χ2v) is 10.4. The van der Waals surface area contributed by atoms with Crippen molar-refractivity contribution in [3.05, 3.63) is 83.9 Å². The number of amides is 2. The Hall–Kier alpha value is -3.98. The van der Waals surface area contributed by atoms with Crippen LogP contribution in [-0.2, 0) is 41.7 Å². The van der Waals surface area contributed by atoms with Crippen molar-refractivity contribution in [3.8, 4) is 0 Å². The van der Waals surface area contributed by atoms with Crippen LogP contribution in [-0.4, -0.2) is 54.2 Å². The Kier molecular flexibility index (Phi) is 13.1. The topological polar surface area (TPSA) is 131 Å². The first-order valence-corrected chi connectivity index (χ1v) is 14.1. The van der Waals surface area contributed by atoms with E-state index < -0.39 is 41.8 Å². The minimum Gasteiger partial charge on any atom is -0.463 e. The Morgan fingerprint density at radius 1 is 1.02 bits per heavy atom. The summed E-state index contributed by atoms with van der Waals surface area (Å²) >= 11 is 0. The molecule has 0 radical (unpaired) electrons. The molecule has 220 valence electrons. The van der Waals surface area contributed by atoms with Crippen LogP contribution in [0.4, 0.5) is 0 Å². The SMILES string of the molecule is C[C@H](CO)NC(=O)C[C@H]1CC=CCCC[C@H](Cc2ccccc2)C(=O)OC[C@H](C(=O)OCc2ccccc2)NC1=O. The number of cyclic esters (lactones) is 1. The summed E-state index contributed by atoms with van der Waals surface area (Å²) in [7, 11) is 0. The van der Waals surface area contributed by atoms with Gasteiger partial charge in [0.2, 0.25) is 11.8 Å². The Labute approximate surface area is 241 Å². The van der Waals surface area contributed by atoms with Crippen LogP contribution in [0.15, 0.2) is 72.8 Å². The van der Waals surface area contributed by atoms with Crippen molar-refractivity contribution in [1.29, 1.82) is 0 Å². The minimum atomic E-state index is -1.25. The predicted molar refractivity (Wildman–Crippen MR) is 153 cm³/mol. The van der Waals surface area contributed by atoms with Crippen LogP contribution in [0.2, 0.25) is 0 Å². The van der Waals surface area contributed by atoms with E-state index in [4.69, 9.17) is 9.47 Å². The summed E-state index contributed by atoms with van der Waals surface area (Å²) in [6, 6.07) is 17.1. The second-order valence-electron chi connectivity index (χ2n) is 10.4. The van der Waals surface area contributed by atoms with E-state index in [1.54, 1.807) is 6.92 Å². The lowest BCUT2D eigenvalue weighted by Gasteiger charge is -2.23. The van der Waals surface area contributed by atoms with Crippen LogP contribution < -0.4 is 10.6 Å². The highest BCUT2D eigenvalue weighted by molar-refractivity contribution is 5.89. The van der Waals surface area contributed by atoms with E-state index in [0.29, 0.717) is 19.3 Å². The zero-order chi connectivity index (χ0) is 29.5. The van der Waals surface area contributed by atoms with Gasteiger partial charge in [0.1, 0.15) is 13.2 Å². The first-order valence-electron chi connectivity index (χ1n) is 14.1. The number of hydrogen-bond acceptors (Lipinski definition) is 7. The van der Waals surface area contributed by atoms with Gasteiger partial charge in [0.15, 0.2) is 6.04 Å². The number of aliphatic hydroxyl groups is 1. The molecule has 1 aliphatic heterocycles. The monoisotopic (exact) mass is 564 g/mol. The molecule has 0 unspecified atom stereocenters. The van der Waals surface area contributed by atoms with Gasteiger partial charge in [0.25, 0.3) is 0 Å². The summed E-state index contributed by atoms with van der Waals surface area (Å²) in [6.45, 7) is 1.03. The number of esters is 2. The minimum absolute atomic E-state index is 0.00968. The molecule has 1 heterocycles. The molecule has 3 rings (SSSR count). The molecule has 0 fully saturated rings. The third-order valence-corrected chi connectivity index (χ3v) is 6.87. The highest BCUT2D eigenvalue weighted by Gasteiger charge is 2.30. The van der Waals surface area contributed by atoms with E-state index in [1.807, 2.05) is 72.8 Å². The van der Waals surface area contributed by atoms with Gasteiger partial charge in [-0.1, -0.05) is 72.8 Å². The van der Waals surface area contributed by atoms with E-state index >= 15 is 0 Å². The van der Waals surface area contributed by atoms with E-state index in [-0.39, 0.29) is 38.6 Å². The lowest BCUT2D eigenvalue weighted by atomic mass is 9.93. The van der Waals surface area contributed by atoms with E-state index in [1.165, 1.54) is 0 Å². The van der Waals surface area contributed by atoms with Gasteiger partial charge in [-0.2, -0.15) is 0 Å². The molecule has 1 aliphatic rings. The second kappa shape index (κ2) is 17.0. The maximum atomic E-state index is 13.3. The fourth-order valence-corrected chi connectivity index (χ4v) is 4.52. The molecule has 4 atom stereocenters. The Morgan fingerprint density at radius 3 is 2.39 bits per heavy atom. The van der Waals surface area contributed by atoms with Crippen LogP contribution in [0.5, 0.6) is 0 Å². The number of hydrogen-bond donors (Lipinski definition) is 3. The van der Waals surface area contributed by atoms with E-state index in [0.717, 1.165) is 17.5 Å². The first kappa shape index (κ1) is 31.5. The number of aliphatic hydroxyl groups excluding tert-OH is 1. The van der Waals surface area contributed by atoms with Crippen molar-refractivity contribution in [3.63, 3.8) is 0 Å². The average molecular weight is 565 g/mol. The van der Waals surface area contributed by atoms with Crippen LogP contribution in [0, 0.1) is 11.8 Å². The molecule has 0 aliphatic carbocycles. The molecule has 0 saturated heterocycles. The number of rotatable bonds is 9. The lowest BCUT2D eigenvalue weighted by Crippen LogP contribution is -2.48. The molecule has 9 heteroatoms. The van der Waals surface area contributed by atoms with Gasteiger partial charge in [-0.25, -0.2) is 4.79 Å². The van der Waals surface area contributed by atoms with Gasteiger partial charge >= 0.3 is 11.9 Å². The zero-order valence-corrected chi connectivity index (χ0v) is 23.5. The highest BCUT2D eigenvalue weighted by atomic mass is 16.6. The largest absolute Gasteiger partial charge is 0.463 e. The van der Waals surface area contributed by atoms with Gasteiger partial charge in [0, 0.05) is 12.5 Å². The summed E-state index contributed by atoms with van der Waals surface area (Å²) in [6.07, 6.45) is 6.48. The summed E-state index contributed by atoms with van der Waals surface area (Å²) in [5.74, 6) is -3.29. The number of benzene rings is 2. The van der Waals surface area contributed by atoms with E-state index in [2.05, 4.69) is 10.6 Å². The number of nitrogens with one attached hydrogen (secondary N) is 2. The first-order chi connectivity index (χ1) is 19.9. The maximum absolute atomic E-state index is 13.3. The quantitative estimate of drug-likeness (QED) is 0.315. The van der Waals surface area contributed by atoms with Crippen LogP contribution >= 0.6 is 0 Å². The molecule has 9 nitrogen and oxygen atoms in total. The zero-order valence-electron chi connectivity index (χ0n) is 23.5. The maximum Gasteiger partial charge on any atom is 0.332 e. The van der Waals surface area contributed by atoms with Crippen molar-refractivity contribution in [2.45, 2.75) is 64.1 Å². The molecule has 0 saturated carbocycles. The van der Waals surface area contributed by atoms with Gasteiger partial charge in [-0.3, -0.25) is 14.4 Å². The van der Waals surface area contributed by atoms with Gasteiger partial charge in [-0.05, 0) is 50.2 Å². The summed E-state index contributed by atoms with van der Waals surface area (Å²) in [5, 5.41) is 14.6. The summed E-state index contributed by atoms with van der Waals surface area (Å²) < 4.78 is 11.1. The van der Waals surface area contributed by atoms with E-state index in [9.17, 15) is 24.3 Å². The van der Waals surface area contributed by atoms with Crippen molar-refractivity contribution in [2.24, 2.45) is 11.8 Å². The molecule has 3 N–H and O–H groups in total. The average Bonchev–Trinajstić information content (AvgIpc) is 2.98. The molecule has 0 aromatic heterocycles. The molecule has 41 heavy (non-hydrogen) atoms. The highest BCUT2D eigenvalue weighted by Crippen LogP contribution is 2.19.